The Kier molecular flexibility index (Phi) is 5.59. The van der Waals surface area contributed by atoms with Crippen molar-refractivity contribution in [3.63, 3.8) is 0 Å². The molecule has 1 saturated heterocycles. The van der Waals surface area contributed by atoms with E-state index in [-0.39, 0.29) is 42.6 Å². The molecule has 0 aromatic heterocycles. The van der Waals surface area contributed by atoms with Gasteiger partial charge in [0, 0.05) is 36.2 Å². The predicted octanol–water partition coefficient (Wildman–Crippen LogP) is 1.74. The van der Waals surface area contributed by atoms with Crippen LogP contribution in [0.2, 0.25) is 0 Å². The molecule has 2 aromatic carbocycles. The van der Waals surface area contributed by atoms with E-state index in [0.29, 0.717) is 11.1 Å². The second kappa shape index (κ2) is 8.34. The summed E-state index contributed by atoms with van der Waals surface area (Å²) in [5, 5.41) is 3.03. The number of hydrogen-bond acceptors (Lipinski definition) is 4. The average Bonchev–Trinajstić information content (AvgIpc) is 3.38. The summed E-state index contributed by atoms with van der Waals surface area (Å²) in [6, 6.07) is 16.4. The first kappa shape index (κ1) is 20.8. The molecule has 31 heavy (non-hydrogen) atoms. The smallest absolute Gasteiger partial charge is 0.253 e. The molecule has 2 fully saturated rings. The first-order valence-corrected chi connectivity index (χ1v) is 10.4. The minimum absolute atomic E-state index is 0.0345. The summed E-state index contributed by atoms with van der Waals surface area (Å²) in [5.74, 6) is -2.32. The van der Waals surface area contributed by atoms with Gasteiger partial charge in [0.05, 0.1) is 11.8 Å². The lowest BCUT2D eigenvalue weighted by Gasteiger charge is -2.16. The van der Waals surface area contributed by atoms with Crippen molar-refractivity contribution in [2.24, 2.45) is 17.6 Å². The van der Waals surface area contributed by atoms with Crippen LogP contribution in [-0.4, -0.2) is 47.5 Å². The summed E-state index contributed by atoms with van der Waals surface area (Å²) in [7, 11) is 0. The molecule has 2 aromatic rings. The van der Waals surface area contributed by atoms with Crippen molar-refractivity contribution < 1.29 is 19.2 Å². The molecule has 4 atom stereocenters. The Balaban J connectivity index is 1.42. The maximum absolute atomic E-state index is 12.9. The molecule has 0 spiro atoms. The Bertz CT molecular complexity index is 1020. The van der Waals surface area contributed by atoms with Crippen LogP contribution in [0.15, 0.2) is 54.6 Å². The van der Waals surface area contributed by atoms with E-state index in [0.717, 1.165) is 6.42 Å². The highest BCUT2D eigenvalue weighted by Crippen LogP contribution is 2.41. The Morgan fingerprint density at radius 2 is 1.52 bits per heavy atom. The molecular weight excluding hydrogens is 394 g/mol. The molecule has 0 unspecified atom stereocenters. The van der Waals surface area contributed by atoms with Gasteiger partial charge in [0.15, 0.2) is 5.78 Å². The number of rotatable bonds is 6. The topological polar surface area (TPSA) is 110 Å². The average molecular weight is 419 g/mol. The molecule has 0 bridgehead atoms. The first-order chi connectivity index (χ1) is 14.8. The van der Waals surface area contributed by atoms with Gasteiger partial charge in [-0.25, -0.2) is 0 Å². The van der Waals surface area contributed by atoms with Crippen LogP contribution in [0.25, 0.3) is 0 Å². The van der Waals surface area contributed by atoms with E-state index < -0.39 is 17.7 Å². The predicted molar refractivity (Wildman–Crippen MR) is 114 cm³/mol. The van der Waals surface area contributed by atoms with Gasteiger partial charge in [0.2, 0.25) is 11.8 Å². The van der Waals surface area contributed by atoms with Crippen molar-refractivity contribution in [1.29, 1.82) is 0 Å². The van der Waals surface area contributed by atoms with Crippen LogP contribution in [0.4, 0.5) is 0 Å². The molecule has 1 aliphatic carbocycles. The first-order valence-electron chi connectivity index (χ1n) is 10.4. The van der Waals surface area contributed by atoms with Gasteiger partial charge in [-0.3, -0.25) is 19.2 Å². The van der Waals surface area contributed by atoms with Crippen LogP contribution >= 0.6 is 0 Å². The second-order valence-electron chi connectivity index (χ2n) is 8.33. The molecule has 160 valence electrons. The van der Waals surface area contributed by atoms with Crippen LogP contribution in [-0.2, 0) is 9.59 Å². The molecule has 3 amide bonds. The number of benzene rings is 2. The molecular formula is C24H25N3O4. The van der Waals surface area contributed by atoms with Crippen molar-refractivity contribution in [3.8, 4) is 0 Å². The van der Waals surface area contributed by atoms with Gasteiger partial charge in [-0.15, -0.1) is 0 Å². The number of nitrogens with zero attached hydrogens (tertiary/aromatic N) is 1. The second-order valence-corrected chi connectivity index (χ2v) is 8.33. The number of likely N-dealkylation sites (tertiary alicyclic amines) is 1. The van der Waals surface area contributed by atoms with Gasteiger partial charge >= 0.3 is 0 Å². The summed E-state index contributed by atoms with van der Waals surface area (Å²) in [6.07, 6.45) is 0.856. The Morgan fingerprint density at radius 3 is 2.13 bits per heavy atom. The van der Waals surface area contributed by atoms with Crippen molar-refractivity contribution in [2.75, 3.05) is 13.1 Å². The molecule has 4 rings (SSSR count). The molecule has 1 saturated carbocycles. The molecule has 2 aliphatic rings. The summed E-state index contributed by atoms with van der Waals surface area (Å²) in [5.41, 5.74) is 7.65. The minimum Gasteiger partial charge on any atom is -0.369 e. The van der Waals surface area contributed by atoms with Crippen molar-refractivity contribution in [3.05, 3.63) is 71.3 Å². The Labute approximate surface area is 180 Å². The van der Waals surface area contributed by atoms with Crippen molar-refractivity contribution in [1.82, 2.24) is 10.2 Å². The summed E-state index contributed by atoms with van der Waals surface area (Å²) in [4.78, 5) is 50.7. The SMILES string of the molecule is CC(=O)c1ccc(C(=O)N2C[C@@H](C(N)=O)[C@H](C(=O)N[C@H]3C[C@@H]3c3ccccc3)C2)cc1. The lowest BCUT2D eigenvalue weighted by atomic mass is 9.94. The largest absolute Gasteiger partial charge is 0.369 e. The van der Waals surface area contributed by atoms with E-state index in [1.807, 2.05) is 30.3 Å². The van der Waals surface area contributed by atoms with Gasteiger partial charge in [-0.05, 0) is 31.0 Å². The number of nitrogens with two attached hydrogens (primary N) is 1. The van der Waals surface area contributed by atoms with Crippen LogP contribution in [0, 0.1) is 11.8 Å². The maximum atomic E-state index is 12.9. The Morgan fingerprint density at radius 1 is 0.903 bits per heavy atom. The number of Topliss-reactive ketones (excluding diaryl/α,β-unsaturated/α-hetero) is 1. The summed E-state index contributed by atoms with van der Waals surface area (Å²) >= 11 is 0. The van der Waals surface area contributed by atoms with E-state index >= 15 is 0 Å². The summed E-state index contributed by atoms with van der Waals surface area (Å²) < 4.78 is 0. The fraction of sp³-hybridized carbons (Fsp3) is 0.333. The molecule has 1 aliphatic heterocycles. The number of primary amides is 1. The van der Waals surface area contributed by atoms with Crippen LogP contribution < -0.4 is 11.1 Å². The van der Waals surface area contributed by atoms with Gasteiger partial charge in [0.1, 0.15) is 0 Å². The normalized spacial score (nSPS) is 24.5. The maximum Gasteiger partial charge on any atom is 0.253 e. The third-order valence-electron chi connectivity index (χ3n) is 6.19. The molecule has 7 nitrogen and oxygen atoms in total. The fourth-order valence-electron chi connectivity index (χ4n) is 4.27. The minimum atomic E-state index is -0.727. The lowest BCUT2D eigenvalue weighted by Crippen LogP contribution is -2.40. The molecule has 7 heteroatoms. The lowest BCUT2D eigenvalue weighted by molar-refractivity contribution is -0.131. The number of hydrogen-bond donors (Lipinski definition) is 2. The third-order valence-corrected chi connectivity index (χ3v) is 6.19. The molecule has 3 N–H and O–H groups in total. The number of carbonyl (C=O) groups excluding carboxylic acids is 4. The fourth-order valence-corrected chi connectivity index (χ4v) is 4.27. The van der Waals surface area contributed by atoms with E-state index in [4.69, 9.17) is 5.73 Å². The Hall–Kier alpha value is -3.48. The quantitative estimate of drug-likeness (QED) is 0.695. The zero-order chi connectivity index (χ0) is 22.1. The van der Waals surface area contributed by atoms with Crippen molar-refractivity contribution in [2.45, 2.75) is 25.3 Å². The van der Waals surface area contributed by atoms with Gasteiger partial charge in [-0.2, -0.15) is 0 Å². The van der Waals surface area contributed by atoms with Crippen molar-refractivity contribution >= 4 is 23.5 Å². The van der Waals surface area contributed by atoms with Gasteiger partial charge < -0.3 is 16.0 Å². The third kappa shape index (κ3) is 4.35. The molecule has 1 heterocycles. The number of carbonyl (C=O) groups is 4. The number of amides is 3. The monoisotopic (exact) mass is 419 g/mol. The number of nitrogens with one attached hydrogen (secondary N) is 1. The van der Waals surface area contributed by atoms with E-state index in [1.54, 1.807) is 24.3 Å². The van der Waals surface area contributed by atoms with Crippen LogP contribution in [0.1, 0.15) is 45.5 Å². The van der Waals surface area contributed by atoms with Crippen LogP contribution in [0.3, 0.4) is 0 Å². The molecule has 0 radical (unpaired) electrons. The number of ketones is 1. The van der Waals surface area contributed by atoms with E-state index in [2.05, 4.69) is 5.32 Å². The highest BCUT2D eigenvalue weighted by Gasteiger charge is 2.46. The summed E-state index contributed by atoms with van der Waals surface area (Å²) in [6.45, 7) is 1.70. The standard InChI is InChI=1S/C24H25N3O4/c1-14(28)15-7-9-17(10-8-15)24(31)27-12-19(22(25)29)20(13-27)23(30)26-21-11-18(21)16-5-3-2-4-6-16/h2-10,18-21H,11-13H2,1H3,(H2,25,29)(H,26,30)/t18-,19-,20-,21+/m1/s1. The highest BCUT2D eigenvalue weighted by atomic mass is 16.2. The van der Waals surface area contributed by atoms with Gasteiger partial charge in [-0.1, -0.05) is 42.5 Å². The zero-order valence-corrected chi connectivity index (χ0v) is 17.3. The van der Waals surface area contributed by atoms with E-state index in [1.165, 1.54) is 17.4 Å². The van der Waals surface area contributed by atoms with Gasteiger partial charge in [0.25, 0.3) is 5.91 Å². The van der Waals surface area contributed by atoms with Crippen LogP contribution in [0.5, 0.6) is 0 Å². The highest BCUT2D eigenvalue weighted by molar-refractivity contribution is 5.99. The van der Waals surface area contributed by atoms with E-state index in [9.17, 15) is 19.2 Å². The zero-order valence-electron chi connectivity index (χ0n) is 17.3.